The summed E-state index contributed by atoms with van der Waals surface area (Å²) in [5.41, 5.74) is 0. The van der Waals surface area contributed by atoms with E-state index in [4.69, 9.17) is 0 Å². The molecule has 2 atom stereocenters. The molecule has 0 N–H and O–H groups in total. The van der Waals surface area contributed by atoms with Gasteiger partial charge in [0.1, 0.15) is 23.7 Å². The summed E-state index contributed by atoms with van der Waals surface area (Å²) >= 11 is 0. The van der Waals surface area contributed by atoms with Crippen molar-refractivity contribution < 1.29 is 0 Å². The summed E-state index contributed by atoms with van der Waals surface area (Å²) in [5, 5.41) is 0. The van der Waals surface area contributed by atoms with Crippen LogP contribution in [-0.2, 0) is 0 Å². The van der Waals surface area contributed by atoms with E-state index in [1.54, 1.807) is 38.5 Å². The zero-order chi connectivity index (χ0) is 7.71. The average molecular weight is 161 g/mol. The summed E-state index contributed by atoms with van der Waals surface area (Å²) in [6.07, 6.45) is 9.41. The van der Waals surface area contributed by atoms with E-state index in [-0.39, 0.29) is 0 Å². The van der Waals surface area contributed by atoms with Gasteiger partial charge < -0.3 is 0 Å². The Balaban J connectivity index is 1.52. The average Bonchev–Trinajstić information content (AvgIpc) is 2.81. The minimum absolute atomic E-state index is 1.14. The van der Waals surface area contributed by atoms with Gasteiger partial charge in [-0.15, -0.1) is 0 Å². The van der Waals surface area contributed by atoms with E-state index in [2.05, 4.69) is 5.92 Å². The Morgan fingerprint density at radius 3 is 1.50 bits per heavy atom. The summed E-state index contributed by atoms with van der Waals surface area (Å²) in [4.78, 5) is 0. The molecule has 0 amide bonds. The fourth-order valence-corrected chi connectivity index (χ4v) is 3.33. The zero-order valence-corrected chi connectivity index (χ0v) is 7.63. The molecule has 4 aliphatic rings. The summed E-state index contributed by atoms with van der Waals surface area (Å²) < 4.78 is 0. The summed E-state index contributed by atoms with van der Waals surface area (Å²) in [5.74, 6) is 7.92. The van der Waals surface area contributed by atoms with Crippen molar-refractivity contribution in [2.75, 3.05) is 0 Å². The van der Waals surface area contributed by atoms with Crippen molar-refractivity contribution in [3.05, 3.63) is 5.92 Å². The molecule has 0 heteroatoms. The molecule has 4 saturated carbocycles. The number of hydrogen-bond donors (Lipinski definition) is 0. The Morgan fingerprint density at radius 2 is 1.17 bits per heavy atom. The first-order valence-electron chi connectivity index (χ1n) is 5.82. The van der Waals surface area contributed by atoms with Gasteiger partial charge in [-0.3, -0.25) is 0 Å². The zero-order valence-electron chi connectivity index (χ0n) is 7.63. The molecule has 4 aliphatic carbocycles. The van der Waals surface area contributed by atoms with Gasteiger partial charge in [0.25, 0.3) is 0 Å². The number of hydrogen-bond acceptors (Lipinski definition) is 0. The van der Waals surface area contributed by atoms with E-state index < -0.39 is 0 Å². The third-order valence-corrected chi connectivity index (χ3v) is 4.36. The lowest BCUT2D eigenvalue weighted by molar-refractivity contribution is 0.579. The van der Waals surface area contributed by atoms with Crippen LogP contribution in [0.25, 0.3) is 0 Å². The molecule has 0 aromatic carbocycles. The quantitative estimate of drug-likeness (QED) is 0.558. The maximum Gasteiger partial charge on any atom is 0.147 e. The predicted octanol–water partition coefficient (Wildman–Crippen LogP) is 3.04. The molecule has 0 aromatic heterocycles. The van der Waals surface area contributed by atoms with Crippen molar-refractivity contribution in [1.29, 1.82) is 0 Å². The van der Waals surface area contributed by atoms with Crippen molar-refractivity contribution >= 4 is 0 Å². The van der Waals surface area contributed by atoms with E-state index in [0.29, 0.717) is 0 Å². The van der Waals surface area contributed by atoms with Crippen molar-refractivity contribution in [1.82, 2.24) is 0 Å². The Bertz CT molecular complexity index is 164. The van der Waals surface area contributed by atoms with Gasteiger partial charge in [0.15, 0.2) is 0 Å². The van der Waals surface area contributed by atoms with E-state index in [0.717, 1.165) is 5.92 Å². The van der Waals surface area contributed by atoms with E-state index >= 15 is 0 Å². The fourth-order valence-electron chi connectivity index (χ4n) is 3.33. The third kappa shape index (κ3) is 0.815. The Kier molecular flexibility index (Phi) is 0.982. The minimum Gasteiger partial charge on any atom is -0.0455 e. The standard InChI is InChI=1S/C12H17/c1-2-7(1)10-11(8-3-4-8)12(10)9-5-6-9/h7-11H,1-6H2/q+1. The molecule has 0 spiro atoms. The lowest BCUT2D eigenvalue weighted by atomic mass is 10.2. The molecule has 0 nitrogen and oxygen atoms in total. The Labute approximate surface area is 74.7 Å². The lowest BCUT2D eigenvalue weighted by Crippen LogP contribution is -1.85. The van der Waals surface area contributed by atoms with Crippen LogP contribution in [0.15, 0.2) is 0 Å². The SMILES string of the molecule is C1CC1[C+]1C(C2CC2)C1C1CC1. The van der Waals surface area contributed by atoms with Crippen molar-refractivity contribution in [2.45, 2.75) is 38.5 Å². The molecule has 0 saturated heterocycles. The molecular weight excluding hydrogens is 144 g/mol. The van der Waals surface area contributed by atoms with Crippen LogP contribution in [0.5, 0.6) is 0 Å². The molecule has 0 radical (unpaired) electrons. The minimum atomic E-state index is 1.14. The van der Waals surface area contributed by atoms with E-state index in [1.165, 1.54) is 23.7 Å². The van der Waals surface area contributed by atoms with E-state index in [9.17, 15) is 0 Å². The molecule has 4 fully saturated rings. The van der Waals surface area contributed by atoms with Crippen molar-refractivity contribution in [3.8, 4) is 0 Å². The topological polar surface area (TPSA) is 0 Å². The fraction of sp³-hybridized carbons (Fsp3) is 0.917. The Morgan fingerprint density at radius 1 is 0.667 bits per heavy atom. The molecule has 2 unspecified atom stereocenters. The van der Waals surface area contributed by atoms with Gasteiger partial charge in [0.2, 0.25) is 0 Å². The molecule has 12 heavy (non-hydrogen) atoms. The third-order valence-electron chi connectivity index (χ3n) is 4.36. The molecule has 0 heterocycles. The second-order valence-electron chi connectivity index (χ2n) is 5.50. The van der Waals surface area contributed by atoms with Gasteiger partial charge in [0, 0.05) is 11.8 Å². The van der Waals surface area contributed by atoms with Crippen LogP contribution < -0.4 is 0 Å². The van der Waals surface area contributed by atoms with Crippen LogP contribution in [0.4, 0.5) is 0 Å². The second-order valence-corrected chi connectivity index (χ2v) is 5.50. The maximum atomic E-state index is 2.07. The van der Waals surface area contributed by atoms with Gasteiger partial charge >= 0.3 is 0 Å². The van der Waals surface area contributed by atoms with E-state index in [1.807, 2.05) is 0 Å². The van der Waals surface area contributed by atoms with Crippen molar-refractivity contribution in [2.24, 2.45) is 29.6 Å². The highest BCUT2D eigenvalue weighted by atomic mass is 14.7. The van der Waals surface area contributed by atoms with Gasteiger partial charge in [0.05, 0.1) is 0 Å². The molecule has 0 aromatic rings. The largest absolute Gasteiger partial charge is 0.147 e. The van der Waals surface area contributed by atoms with Crippen LogP contribution in [0, 0.1) is 35.5 Å². The van der Waals surface area contributed by atoms with Crippen LogP contribution >= 0.6 is 0 Å². The Hall–Kier alpha value is -0.130. The van der Waals surface area contributed by atoms with Crippen LogP contribution in [0.1, 0.15) is 38.5 Å². The van der Waals surface area contributed by atoms with Gasteiger partial charge in [-0.25, -0.2) is 0 Å². The molecule has 0 aliphatic heterocycles. The van der Waals surface area contributed by atoms with Crippen LogP contribution in [0.3, 0.4) is 0 Å². The van der Waals surface area contributed by atoms with Crippen LogP contribution in [-0.4, -0.2) is 0 Å². The van der Waals surface area contributed by atoms with Crippen molar-refractivity contribution in [3.63, 3.8) is 0 Å². The summed E-state index contributed by atoms with van der Waals surface area (Å²) in [6.45, 7) is 0. The molecular formula is C12H17+. The smallest absolute Gasteiger partial charge is 0.0455 e. The van der Waals surface area contributed by atoms with Gasteiger partial charge in [-0.2, -0.15) is 0 Å². The second kappa shape index (κ2) is 1.86. The maximum absolute atomic E-state index is 2.07. The highest BCUT2D eigenvalue weighted by Crippen LogP contribution is 2.73. The molecule has 4 rings (SSSR count). The highest BCUT2D eigenvalue weighted by molar-refractivity contribution is 5.32. The van der Waals surface area contributed by atoms with Gasteiger partial charge in [-0.05, 0) is 38.5 Å². The summed E-state index contributed by atoms with van der Waals surface area (Å²) in [7, 11) is 0. The monoisotopic (exact) mass is 161 g/mol. The number of rotatable bonds is 3. The predicted molar refractivity (Wildman–Crippen MR) is 48.4 cm³/mol. The highest BCUT2D eigenvalue weighted by Gasteiger charge is 2.77. The first kappa shape index (κ1) is 6.34. The van der Waals surface area contributed by atoms with Gasteiger partial charge in [-0.1, -0.05) is 0 Å². The molecule has 0 bridgehead atoms. The normalized spacial score (nSPS) is 46.5. The first-order valence-corrected chi connectivity index (χ1v) is 5.82. The first-order chi connectivity index (χ1) is 5.95. The lowest BCUT2D eigenvalue weighted by Gasteiger charge is -1.79. The molecule has 64 valence electrons. The summed E-state index contributed by atoms with van der Waals surface area (Å²) in [6, 6.07) is 0. The van der Waals surface area contributed by atoms with Crippen LogP contribution in [0.2, 0.25) is 0 Å².